The molecule has 4 heteroatoms. The van der Waals surface area contributed by atoms with Crippen LogP contribution in [0.25, 0.3) is 0 Å². The highest BCUT2D eigenvalue weighted by atomic mass is 16.5. The Morgan fingerprint density at radius 3 is 2.67 bits per heavy atom. The van der Waals surface area contributed by atoms with Crippen molar-refractivity contribution in [1.29, 1.82) is 0 Å². The molecule has 1 spiro atoms. The lowest BCUT2D eigenvalue weighted by molar-refractivity contribution is -0.131. The van der Waals surface area contributed by atoms with E-state index < -0.39 is 0 Å². The number of nitrogens with one attached hydrogen (secondary N) is 1. The summed E-state index contributed by atoms with van der Waals surface area (Å²) in [5, 5.41) is 3.43. The van der Waals surface area contributed by atoms with E-state index in [-0.39, 0.29) is 11.5 Å². The van der Waals surface area contributed by atoms with Gasteiger partial charge in [-0.15, -0.1) is 0 Å². The van der Waals surface area contributed by atoms with E-state index in [1.807, 2.05) is 4.90 Å². The van der Waals surface area contributed by atoms with Crippen molar-refractivity contribution in [1.82, 2.24) is 10.2 Å². The van der Waals surface area contributed by atoms with E-state index in [9.17, 15) is 4.79 Å². The second-order valence-corrected chi connectivity index (χ2v) is 7.08. The van der Waals surface area contributed by atoms with Crippen LogP contribution in [0.1, 0.15) is 57.4 Å². The Morgan fingerprint density at radius 1 is 1.25 bits per heavy atom. The summed E-state index contributed by atoms with van der Waals surface area (Å²) in [7, 11) is 0. The van der Waals surface area contributed by atoms with Crippen LogP contribution in [-0.4, -0.2) is 42.6 Å². The Balaban J connectivity index is 1.74. The summed E-state index contributed by atoms with van der Waals surface area (Å²) < 4.78 is 6.45. The zero-order chi connectivity index (χ0) is 17.0. The Bertz CT molecular complexity index is 563. The number of hydrogen-bond donors (Lipinski definition) is 1. The monoisotopic (exact) mass is 330 g/mol. The fourth-order valence-electron chi connectivity index (χ4n) is 4.22. The number of nitrogens with zero attached hydrogens (tertiary/aromatic N) is 1. The van der Waals surface area contributed by atoms with Crippen LogP contribution in [0.5, 0.6) is 5.75 Å². The van der Waals surface area contributed by atoms with Crippen molar-refractivity contribution in [2.45, 2.75) is 57.5 Å². The number of ether oxygens (including phenoxy) is 1. The number of amides is 1. The minimum atomic E-state index is -0.0392. The summed E-state index contributed by atoms with van der Waals surface area (Å²) in [6, 6.07) is 8.41. The third kappa shape index (κ3) is 3.59. The molecular formula is C20H30N2O2. The van der Waals surface area contributed by atoms with Gasteiger partial charge in [-0.25, -0.2) is 0 Å². The molecule has 24 heavy (non-hydrogen) atoms. The summed E-state index contributed by atoms with van der Waals surface area (Å²) in [6.45, 7) is 7.75. The molecule has 1 N–H and O–H groups in total. The van der Waals surface area contributed by atoms with Crippen molar-refractivity contribution in [3.63, 3.8) is 0 Å². The highest BCUT2D eigenvalue weighted by molar-refractivity contribution is 5.76. The lowest BCUT2D eigenvalue weighted by atomic mass is 9.76. The van der Waals surface area contributed by atoms with Crippen LogP contribution in [0.15, 0.2) is 24.3 Å². The van der Waals surface area contributed by atoms with Gasteiger partial charge in [-0.05, 0) is 70.2 Å². The van der Waals surface area contributed by atoms with Gasteiger partial charge in [-0.3, -0.25) is 4.79 Å². The predicted molar refractivity (Wildman–Crippen MR) is 96.4 cm³/mol. The van der Waals surface area contributed by atoms with Gasteiger partial charge < -0.3 is 15.0 Å². The van der Waals surface area contributed by atoms with Crippen LogP contribution in [0.3, 0.4) is 0 Å². The van der Waals surface area contributed by atoms with E-state index in [2.05, 4.69) is 43.4 Å². The quantitative estimate of drug-likeness (QED) is 0.900. The van der Waals surface area contributed by atoms with Gasteiger partial charge in [-0.1, -0.05) is 18.2 Å². The van der Waals surface area contributed by atoms with Crippen LogP contribution >= 0.6 is 0 Å². The van der Waals surface area contributed by atoms with Crippen molar-refractivity contribution in [2.24, 2.45) is 0 Å². The standard InChI is InChI=1S/C20H30N2O2/c1-3-22(4-2)19(23)10-9-16-15-20(11-13-21-14-12-20)24-18-8-6-5-7-17(16)18/h5-8,16,21H,3-4,9-15H2,1-2H3. The van der Waals surface area contributed by atoms with E-state index in [1.54, 1.807) is 0 Å². The lowest BCUT2D eigenvalue weighted by Crippen LogP contribution is -2.49. The fraction of sp³-hybridized carbons (Fsp3) is 0.650. The molecule has 1 amide bonds. The second kappa shape index (κ2) is 7.56. The van der Waals surface area contributed by atoms with Gasteiger partial charge in [-0.2, -0.15) is 0 Å². The maximum atomic E-state index is 12.4. The molecule has 3 rings (SSSR count). The number of hydrogen-bond acceptors (Lipinski definition) is 3. The third-order valence-corrected chi connectivity index (χ3v) is 5.64. The number of fused-ring (bicyclic) bond motifs is 1. The molecule has 0 saturated carbocycles. The molecule has 2 heterocycles. The molecule has 4 nitrogen and oxygen atoms in total. The molecule has 132 valence electrons. The van der Waals surface area contributed by atoms with Gasteiger partial charge in [0.25, 0.3) is 0 Å². The summed E-state index contributed by atoms with van der Waals surface area (Å²) in [4.78, 5) is 14.3. The fourth-order valence-corrected chi connectivity index (χ4v) is 4.22. The minimum absolute atomic E-state index is 0.0392. The van der Waals surface area contributed by atoms with Gasteiger partial charge in [0.15, 0.2) is 0 Å². The molecule has 0 aromatic heterocycles. The number of carbonyl (C=O) groups excluding carboxylic acids is 1. The average molecular weight is 330 g/mol. The largest absolute Gasteiger partial charge is 0.487 e. The molecule has 0 bridgehead atoms. The summed E-state index contributed by atoms with van der Waals surface area (Å²) >= 11 is 0. The van der Waals surface area contributed by atoms with E-state index in [0.717, 1.165) is 57.6 Å². The van der Waals surface area contributed by atoms with Crippen LogP contribution in [0, 0.1) is 0 Å². The number of rotatable bonds is 5. The summed E-state index contributed by atoms with van der Waals surface area (Å²) in [6.07, 6.45) is 4.71. The van der Waals surface area contributed by atoms with Gasteiger partial charge in [0.05, 0.1) is 0 Å². The van der Waals surface area contributed by atoms with E-state index in [4.69, 9.17) is 4.74 Å². The Labute approximate surface area is 145 Å². The van der Waals surface area contributed by atoms with Crippen molar-refractivity contribution in [3.05, 3.63) is 29.8 Å². The average Bonchev–Trinajstić information content (AvgIpc) is 2.61. The third-order valence-electron chi connectivity index (χ3n) is 5.64. The number of para-hydroxylation sites is 1. The van der Waals surface area contributed by atoms with Crippen LogP contribution < -0.4 is 10.1 Å². The molecule has 1 aromatic carbocycles. The topological polar surface area (TPSA) is 41.6 Å². The minimum Gasteiger partial charge on any atom is -0.487 e. The van der Waals surface area contributed by atoms with Gasteiger partial charge in [0, 0.05) is 19.5 Å². The first kappa shape index (κ1) is 17.3. The molecule has 1 aromatic rings. The number of benzene rings is 1. The van der Waals surface area contributed by atoms with E-state index >= 15 is 0 Å². The first-order valence-electron chi connectivity index (χ1n) is 9.44. The molecule has 1 atom stereocenters. The summed E-state index contributed by atoms with van der Waals surface area (Å²) in [5.41, 5.74) is 1.25. The van der Waals surface area contributed by atoms with Gasteiger partial charge >= 0.3 is 0 Å². The van der Waals surface area contributed by atoms with Gasteiger partial charge in [0.2, 0.25) is 5.91 Å². The molecule has 0 radical (unpaired) electrons. The maximum Gasteiger partial charge on any atom is 0.222 e. The normalized spacial score (nSPS) is 21.8. The number of carbonyl (C=O) groups is 1. The molecule has 1 saturated heterocycles. The molecule has 1 fully saturated rings. The van der Waals surface area contributed by atoms with Crippen molar-refractivity contribution in [3.8, 4) is 5.75 Å². The molecule has 2 aliphatic heterocycles. The molecule has 2 aliphatic rings. The smallest absolute Gasteiger partial charge is 0.222 e. The lowest BCUT2D eigenvalue weighted by Gasteiger charge is -2.45. The second-order valence-electron chi connectivity index (χ2n) is 7.08. The highest BCUT2D eigenvalue weighted by Crippen LogP contribution is 2.46. The van der Waals surface area contributed by atoms with Crippen molar-refractivity contribution in [2.75, 3.05) is 26.2 Å². The Kier molecular flexibility index (Phi) is 5.44. The SMILES string of the molecule is CCN(CC)C(=O)CCC1CC2(CCNCC2)Oc2ccccc21. The zero-order valence-corrected chi connectivity index (χ0v) is 15.0. The van der Waals surface area contributed by atoms with Gasteiger partial charge in [0.1, 0.15) is 11.4 Å². The molecular weight excluding hydrogens is 300 g/mol. The predicted octanol–water partition coefficient (Wildman–Crippen LogP) is 3.32. The van der Waals surface area contributed by atoms with Crippen LogP contribution in [0.2, 0.25) is 0 Å². The maximum absolute atomic E-state index is 12.4. The summed E-state index contributed by atoms with van der Waals surface area (Å²) in [5.74, 6) is 1.74. The Morgan fingerprint density at radius 2 is 1.96 bits per heavy atom. The molecule has 1 unspecified atom stereocenters. The van der Waals surface area contributed by atoms with E-state index in [0.29, 0.717) is 12.3 Å². The van der Waals surface area contributed by atoms with Crippen LogP contribution in [-0.2, 0) is 4.79 Å². The Hall–Kier alpha value is -1.55. The zero-order valence-electron chi connectivity index (χ0n) is 15.0. The van der Waals surface area contributed by atoms with E-state index in [1.165, 1.54) is 5.56 Å². The van der Waals surface area contributed by atoms with Crippen molar-refractivity contribution >= 4 is 5.91 Å². The van der Waals surface area contributed by atoms with Crippen molar-refractivity contribution < 1.29 is 9.53 Å². The first-order chi connectivity index (χ1) is 11.7. The highest BCUT2D eigenvalue weighted by Gasteiger charge is 2.41. The first-order valence-corrected chi connectivity index (χ1v) is 9.44. The molecule has 0 aliphatic carbocycles. The van der Waals surface area contributed by atoms with Crippen LogP contribution in [0.4, 0.5) is 0 Å². The number of piperidine rings is 1.